The summed E-state index contributed by atoms with van der Waals surface area (Å²) in [7, 11) is 0. The summed E-state index contributed by atoms with van der Waals surface area (Å²) >= 11 is 6.27. The summed E-state index contributed by atoms with van der Waals surface area (Å²) in [5, 5.41) is 14.9. The van der Waals surface area contributed by atoms with E-state index in [0.717, 1.165) is 12.1 Å². The number of rotatable bonds is 5. The number of alkyl halides is 3. The Labute approximate surface area is 158 Å². The van der Waals surface area contributed by atoms with Crippen molar-refractivity contribution in [1.29, 1.82) is 0 Å². The molecule has 0 amide bonds. The van der Waals surface area contributed by atoms with Gasteiger partial charge in [0.05, 0.1) is 17.1 Å². The molecule has 0 radical (unpaired) electrons. The van der Waals surface area contributed by atoms with Crippen LogP contribution in [0.1, 0.15) is 18.1 Å². The van der Waals surface area contributed by atoms with Gasteiger partial charge in [0.15, 0.2) is 0 Å². The maximum atomic E-state index is 12.6. The zero-order chi connectivity index (χ0) is 19.7. The van der Waals surface area contributed by atoms with Crippen LogP contribution in [0.2, 0.25) is 5.02 Å². The van der Waals surface area contributed by atoms with Crippen molar-refractivity contribution < 1.29 is 23.0 Å². The number of hydrogen-bond acceptors (Lipinski definition) is 4. The second kappa shape index (κ2) is 7.21. The van der Waals surface area contributed by atoms with Gasteiger partial charge in [0.25, 0.3) is 0 Å². The first-order valence-corrected chi connectivity index (χ1v) is 8.23. The number of halogens is 4. The van der Waals surface area contributed by atoms with Crippen LogP contribution in [-0.4, -0.2) is 19.9 Å². The number of nitrogens with zero attached hydrogens (tertiary/aromatic N) is 3. The average Bonchev–Trinajstić information content (AvgIpc) is 3.06. The zero-order valence-electron chi connectivity index (χ0n) is 14.1. The van der Waals surface area contributed by atoms with Crippen molar-refractivity contribution >= 4 is 11.6 Å². The highest BCUT2D eigenvalue weighted by molar-refractivity contribution is 6.31. The van der Waals surface area contributed by atoms with E-state index in [1.54, 1.807) is 19.1 Å². The Hall–Kier alpha value is -2.58. The summed E-state index contributed by atoms with van der Waals surface area (Å²) < 4.78 is 44.8. The van der Waals surface area contributed by atoms with Gasteiger partial charge >= 0.3 is 6.18 Å². The minimum atomic E-state index is -4.40. The number of benzene rings is 2. The third kappa shape index (κ3) is 4.58. The van der Waals surface area contributed by atoms with E-state index in [9.17, 15) is 18.3 Å². The van der Waals surface area contributed by atoms with Crippen molar-refractivity contribution in [1.82, 2.24) is 14.8 Å². The molecule has 0 spiro atoms. The van der Waals surface area contributed by atoms with Gasteiger partial charge in [0.2, 0.25) is 0 Å². The highest BCUT2D eigenvalue weighted by Crippen LogP contribution is 2.35. The summed E-state index contributed by atoms with van der Waals surface area (Å²) in [5.41, 5.74) is -1.61. The number of hydrogen-bond donors (Lipinski definition) is 1. The van der Waals surface area contributed by atoms with Crippen LogP contribution >= 0.6 is 11.6 Å². The monoisotopic (exact) mass is 397 g/mol. The topological polar surface area (TPSA) is 60.2 Å². The van der Waals surface area contributed by atoms with Crippen LogP contribution in [0.3, 0.4) is 0 Å². The summed E-state index contributed by atoms with van der Waals surface area (Å²) in [6, 6.07) is 9.00. The lowest BCUT2D eigenvalue weighted by atomic mass is 9.96. The third-order valence-electron chi connectivity index (χ3n) is 3.87. The van der Waals surface area contributed by atoms with E-state index in [1.807, 2.05) is 0 Å². The van der Waals surface area contributed by atoms with Crippen LogP contribution in [0.4, 0.5) is 13.2 Å². The minimum absolute atomic E-state index is 0.145. The molecule has 0 saturated carbocycles. The highest BCUT2D eigenvalue weighted by Gasteiger charge is 2.30. The van der Waals surface area contributed by atoms with E-state index >= 15 is 0 Å². The molecule has 9 heteroatoms. The van der Waals surface area contributed by atoms with Gasteiger partial charge < -0.3 is 9.84 Å². The molecule has 0 saturated heterocycles. The molecule has 0 aliphatic heterocycles. The van der Waals surface area contributed by atoms with Gasteiger partial charge in [-0.25, -0.2) is 9.67 Å². The molecule has 2 aromatic carbocycles. The summed E-state index contributed by atoms with van der Waals surface area (Å²) in [4.78, 5) is 3.82. The first-order valence-electron chi connectivity index (χ1n) is 7.85. The van der Waals surface area contributed by atoms with Crippen LogP contribution in [-0.2, 0) is 18.3 Å². The second-order valence-electron chi connectivity index (χ2n) is 6.13. The van der Waals surface area contributed by atoms with Crippen LogP contribution < -0.4 is 4.74 Å². The summed E-state index contributed by atoms with van der Waals surface area (Å²) in [5.74, 6) is 0.571. The largest absolute Gasteiger partial charge is 0.457 e. The van der Waals surface area contributed by atoms with Crippen LogP contribution in [0, 0.1) is 0 Å². The number of aliphatic hydroxyl groups is 1. The lowest BCUT2D eigenvalue weighted by Gasteiger charge is -2.25. The van der Waals surface area contributed by atoms with Crippen molar-refractivity contribution in [2.24, 2.45) is 0 Å². The average molecular weight is 398 g/mol. The van der Waals surface area contributed by atoms with Gasteiger partial charge in [-0.05, 0) is 43.3 Å². The fraction of sp³-hybridized carbons (Fsp3) is 0.222. The number of aromatic nitrogens is 3. The third-order valence-corrected chi connectivity index (χ3v) is 4.19. The van der Waals surface area contributed by atoms with Crippen LogP contribution in [0.15, 0.2) is 55.1 Å². The van der Waals surface area contributed by atoms with Crippen molar-refractivity contribution in [3.05, 3.63) is 71.3 Å². The molecular weight excluding hydrogens is 383 g/mol. The zero-order valence-corrected chi connectivity index (χ0v) is 14.9. The number of ether oxygens (including phenoxy) is 1. The maximum absolute atomic E-state index is 12.6. The lowest BCUT2D eigenvalue weighted by Crippen LogP contribution is -2.28. The molecule has 1 atom stereocenters. The Morgan fingerprint density at radius 2 is 1.78 bits per heavy atom. The Morgan fingerprint density at radius 1 is 1.11 bits per heavy atom. The molecule has 1 unspecified atom stereocenters. The minimum Gasteiger partial charge on any atom is -0.457 e. The lowest BCUT2D eigenvalue weighted by molar-refractivity contribution is -0.137. The first-order chi connectivity index (χ1) is 12.6. The molecule has 3 rings (SSSR count). The van der Waals surface area contributed by atoms with E-state index in [0.29, 0.717) is 11.3 Å². The van der Waals surface area contributed by atoms with E-state index in [-0.39, 0.29) is 17.3 Å². The van der Waals surface area contributed by atoms with Crippen LogP contribution in [0.5, 0.6) is 11.5 Å². The second-order valence-corrected chi connectivity index (χ2v) is 6.54. The summed E-state index contributed by atoms with van der Waals surface area (Å²) in [6.07, 6.45) is -1.57. The van der Waals surface area contributed by atoms with E-state index < -0.39 is 17.3 Å². The smallest absolute Gasteiger partial charge is 0.416 e. The van der Waals surface area contributed by atoms with Crippen molar-refractivity contribution in [2.75, 3.05) is 0 Å². The molecule has 1 aromatic heterocycles. The van der Waals surface area contributed by atoms with E-state index in [2.05, 4.69) is 10.1 Å². The highest BCUT2D eigenvalue weighted by atomic mass is 35.5. The molecule has 5 nitrogen and oxygen atoms in total. The molecule has 0 aliphatic rings. The van der Waals surface area contributed by atoms with E-state index in [1.165, 1.54) is 35.5 Å². The molecule has 1 N–H and O–H groups in total. The predicted molar refractivity (Wildman–Crippen MR) is 92.6 cm³/mol. The molecule has 0 bridgehead atoms. The molecule has 27 heavy (non-hydrogen) atoms. The molecule has 0 fully saturated rings. The molecule has 3 aromatic rings. The van der Waals surface area contributed by atoms with E-state index in [4.69, 9.17) is 16.3 Å². The van der Waals surface area contributed by atoms with Gasteiger partial charge in [-0.3, -0.25) is 0 Å². The fourth-order valence-electron chi connectivity index (χ4n) is 2.56. The molecule has 1 heterocycles. The standard InChI is InChI=1S/C18H15ClF3N3O2/c1-17(26,9-25-11-23-10-24-25)15-7-6-14(8-16(15)19)27-13-4-2-12(3-5-13)18(20,21)22/h2-8,10-11,26H,9H2,1H3. The Balaban J connectivity index is 1.76. The van der Waals surface area contributed by atoms with Gasteiger partial charge in [-0.1, -0.05) is 17.7 Å². The van der Waals surface area contributed by atoms with Crippen molar-refractivity contribution in [3.8, 4) is 11.5 Å². The Bertz CT molecular complexity index is 911. The fourth-order valence-corrected chi connectivity index (χ4v) is 2.93. The summed E-state index contributed by atoms with van der Waals surface area (Å²) in [6.45, 7) is 1.73. The van der Waals surface area contributed by atoms with Gasteiger partial charge in [-0.2, -0.15) is 18.3 Å². The predicted octanol–water partition coefficient (Wildman–Crippen LogP) is 4.65. The van der Waals surface area contributed by atoms with Crippen molar-refractivity contribution in [2.45, 2.75) is 25.2 Å². The molecule has 142 valence electrons. The van der Waals surface area contributed by atoms with Crippen molar-refractivity contribution in [3.63, 3.8) is 0 Å². The Morgan fingerprint density at radius 3 is 2.33 bits per heavy atom. The normalized spacial score (nSPS) is 14.0. The first kappa shape index (κ1) is 19.2. The molecule has 0 aliphatic carbocycles. The van der Waals surface area contributed by atoms with Gasteiger partial charge in [0.1, 0.15) is 29.8 Å². The van der Waals surface area contributed by atoms with Gasteiger partial charge in [0, 0.05) is 5.56 Å². The maximum Gasteiger partial charge on any atom is 0.416 e. The van der Waals surface area contributed by atoms with Gasteiger partial charge in [-0.15, -0.1) is 0 Å². The SMILES string of the molecule is CC(O)(Cn1cncn1)c1ccc(Oc2ccc(C(F)(F)F)cc2)cc1Cl. The molecular formula is C18H15ClF3N3O2. The quantitative estimate of drug-likeness (QED) is 0.680. The van der Waals surface area contributed by atoms with Crippen LogP contribution in [0.25, 0.3) is 0 Å². The Kier molecular flexibility index (Phi) is 5.12.